The minimum absolute atomic E-state index is 0.128. The van der Waals surface area contributed by atoms with Crippen LogP contribution in [0.1, 0.15) is 0 Å². The van der Waals surface area contributed by atoms with Gasteiger partial charge in [0, 0.05) is 30.9 Å². The van der Waals surface area contributed by atoms with Crippen LogP contribution >= 0.6 is 23.8 Å². The van der Waals surface area contributed by atoms with Crippen LogP contribution in [0.3, 0.4) is 0 Å². The molecule has 29 heavy (non-hydrogen) atoms. The number of non-ortho nitro benzene ring substituents is 1. The highest BCUT2D eigenvalue weighted by atomic mass is 35.5. The third-order valence-electron chi connectivity index (χ3n) is 4.13. The Morgan fingerprint density at radius 2 is 1.79 bits per heavy atom. The van der Waals surface area contributed by atoms with Crippen LogP contribution in [0.15, 0.2) is 47.4 Å². The van der Waals surface area contributed by atoms with Crippen molar-refractivity contribution in [2.24, 2.45) is 0 Å². The first-order chi connectivity index (χ1) is 13.8. The number of nitro benzene ring substituents is 1. The van der Waals surface area contributed by atoms with E-state index in [-0.39, 0.29) is 20.7 Å². The molecule has 0 saturated carbocycles. The SMILES string of the molecule is O=[N+]([O-])c1ccc(NC(=S)Nc2ccc(S(=O)(=O)N3CCOCC3)cc2)c(Cl)c1. The van der Waals surface area contributed by atoms with Crippen molar-refractivity contribution in [1.29, 1.82) is 0 Å². The van der Waals surface area contributed by atoms with Gasteiger partial charge >= 0.3 is 0 Å². The van der Waals surface area contributed by atoms with Crippen molar-refractivity contribution in [1.82, 2.24) is 4.31 Å². The highest BCUT2D eigenvalue weighted by molar-refractivity contribution is 7.89. The van der Waals surface area contributed by atoms with Crippen LogP contribution in [0, 0.1) is 10.1 Å². The molecule has 0 aliphatic carbocycles. The molecule has 0 aromatic heterocycles. The predicted octanol–water partition coefficient (Wildman–Crippen LogP) is 3.08. The Morgan fingerprint density at radius 1 is 1.14 bits per heavy atom. The molecule has 0 spiro atoms. The highest BCUT2D eigenvalue weighted by Crippen LogP contribution is 2.27. The first-order valence-electron chi connectivity index (χ1n) is 8.47. The number of nitro groups is 1. The van der Waals surface area contributed by atoms with Crippen LogP contribution in [0.5, 0.6) is 0 Å². The molecule has 3 rings (SSSR count). The summed E-state index contributed by atoms with van der Waals surface area (Å²) in [4.78, 5) is 10.4. The van der Waals surface area contributed by atoms with E-state index in [4.69, 9.17) is 28.6 Å². The average molecular weight is 457 g/mol. The molecular formula is C17H17ClN4O5S2. The molecule has 1 fully saturated rings. The highest BCUT2D eigenvalue weighted by Gasteiger charge is 2.26. The molecule has 12 heteroatoms. The normalized spacial score (nSPS) is 14.9. The van der Waals surface area contributed by atoms with E-state index >= 15 is 0 Å². The lowest BCUT2D eigenvalue weighted by atomic mass is 10.3. The van der Waals surface area contributed by atoms with Gasteiger partial charge < -0.3 is 15.4 Å². The number of nitrogens with zero attached hydrogens (tertiary/aromatic N) is 2. The van der Waals surface area contributed by atoms with E-state index in [1.807, 2.05) is 0 Å². The third kappa shape index (κ3) is 5.19. The number of hydrogen-bond donors (Lipinski definition) is 2. The topological polar surface area (TPSA) is 114 Å². The van der Waals surface area contributed by atoms with Crippen molar-refractivity contribution in [2.45, 2.75) is 4.90 Å². The number of hydrogen-bond acceptors (Lipinski definition) is 6. The first kappa shape index (κ1) is 21.4. The molecular weight excluding hydrogens is 440 g/mol. The number of sulfonamides is 1. The zero-order chi connectivity index (χ0) is 21.0. The number of ether oxygens (including phenoxy) is 1. The van der Waals surface area contributed by atoms with Crippen molar-refractivity contribution in [3.8, 4) is 0 Å². The summed E-state index contributed by atoms with van der Waals surface area (Å²) in [6.07, 6.45) is 0. The van der Waals surface area contributed by atoms with Gasteiger partial charge in [-0.1, -0.05) is 11.6 Å². The van der Waals surface area contributed by atoms with E-state index in [1.54, 1.807) is 12.1 Å². The molecule has 1 saturated heterocycles. The Kier molecular flexibility index (Phi) is 6.65. The van der Waals surface area contributed by atoms with Gasteiger partial charge in [0.1, 0.15) is 0 Å². The molecule has 1 aliphatic rings. The standard InChI is InChI=1S/C17H17ClN4O5S2/c18-15-11-13(22(23)24)3-6-16(15)20-17(28)19-12-1-4-14(5-2-12)29(25,26)21-7-9-27-10-8-21/h1-6,11H,7-10H2,(H2,19,20,28). The predicted molar refractivity (Wildman–Crippen MR) is 114 cm³/mol. The summed E-state index contributed by atoms with van der Waals surface area (Å²) in [5.74, 6) is 0. The van der Waals surface area contributed by atoms with E-state index in [0.717, 1.165) is 0 Å². The van der Waals surface area contributed by atoms with Crippen LogP contribution in [0.2, 0.25) is 5.02 Å². The van der Waals surface area contributed by atoms with E-state index in [9.17, 15) is 18.5 Å². The summed E-state index contributed by atoms with van der Waals surface area (Å²) in [7, 11) is -3.57. The van der Waals surface area contributed by atoms with Crippen LogP contribution in [-0.2, 0) is 14.8 Å². The van der Waals surface area contributed by atoms with Crippen LogP contribution in [0.4, 0.5) is 17.1 Å². The Balaban J connectivity index is 1.65. The Hall–Kier alpha value is -2.31. The van der Waals surface area contributed by atoms with Crippen LogP contribution in [-0.4, -0.2) is 49.1 Å². The van der Waals surface area contributed by atoms with Crippen molar-refractivity contribution in [2.75, 3.05) is 36.9 Å². The first-order valence-corrected chi connectivity index (χ1v) is 10.7. The number of morpholine rings is 1. The minimum atomic E-state index is -3.57. The van der Waals surface area contributed by atoms with Gasteiger partial charge in [0.15, 0.2) is 5.11 Å². The summed E-state index contributed by atoms with van der Waals surface area (Å²) in [6.45, 7) is 1.41. The molecule has 0 amide bonds. The molecule has 2 aromatic rings. The second kappa shape index (κ2) is 9.01. The van der Waals surface area contributed by atoms with Crippen molar-refractivity contribution >= 4 is 56.0 Å². The lowest BCUT2D eigenvalue weighted by molar-refractivity contribution is -0.384. The largest absolute Gasteiger partial charge is 0.379 e. The zero-order valence-corrected chi connectivity index (χ0v) is 17.4. The van der Waals surface area contributed by atoms with Gasteiger partial charge in [-0.15, -0.1) is 0 Å². The minimum Gasteiger partial charge on any atom is -0.379 e. The molecule has 1 heterocycles. The van der Waals surface area contributed by atoms with Gasteiger partial charge in [0.25, 0.3) is 5.69 Å². The maximum absolute atomic E-state index is 12.6. The molecule has 0 bridgehead atoms. The second-order valence-electron chi connectivity index (χ2n) is 6.04. The molecule has 154 valence electrons. The van der Waals surface area contributed by atoms with Crippen LogP contribution < -0.4 is 10.6 Å². The van der Waals surface area contributed by atoms with Gasteiger partial charge in [0.05, 0.1) is 33.7 Å². The summed E-state index contributed by atoms with van der Waals surface area (Å²) >= 11 is 11.2. The summed E-state index contributed by atoms with van der Waals surface area (Å²) in [5.41, 5.74) is 0.847. The van der Waals surface area contributed by atoms with Gasteiger partial charge in [-0.25, -0.2) is 8.42 Å². The fourth-order valence-electron chi connectivity index (χ4n) is 2.65. The third-order valence-corrected chi connectivity index (χ3v) is 6.56. The van der Waals surface area contributed by atoms with E-state index in [2.05, 4.69) is 10.6 Å². The van der Waals surface area contributed by atoms with Crippen molar-refractivity contribution in [3.05, 3.63) is 57.6 Å². The molecule has 0 atom stereocenters. The van der Waals surface area contributed by atoms with Crippen molar-refractivity contribution < 1.29 is 18.1 Å². The summed E-state index contributed by atoms with van der Waals surface area (Å²) in [6, 6.07) is 10.2. The summed E-state index contributed by atoms with van der Waals surface area (Å²) in [5, 5.41) is 16.9. The Bertz CT molecular complexity index is 1020. The number of halogens is 1. The second-order valence-corrected chi connectivity index (χ2v) is 8.79. The molecule has 9 nitrogen and oxygen atoms in total. The molecule has 0 unspecified atom stereocenters. The van der Waals surface area contributed by atoms with Crippen molar-refractivity contribution in [3.63, 3.8) is 0 Å². The average Bonchev–Trinajstić information content (AvgIpc) is 2.70. The fraction of sp³-hybridized carbons (Fsp3) is 0.235. The lowest BCUT2D eigenvalue weighted by Gasteiger charge is -2.26. The Labute approximate surface area is 177 Å². The summed E-state index contributed by atoms with van der Waals surface area (Å²) < 4.78 is 31.8. The number of thiocarbonyl (C=S) groups is 1. The molecule has 2 N–H and O–H groups in total. The van der Waals surface area contributed by atoms with Gasteiger partial charge in [-0.2, -0.15) is 4.31 Å². The fourth-order valence-corrected chi connectivity index (χ4v) is 4.51. The number of anilines is 2. The van der Waals surface area contributed by atoms with Crippen LogP contribution in [0.25, 0.3) is 0 Å². The molecule has 2 aromatic carbocycles. The Morgan fingerprint density at radius 3 is 2.38 bits per heavy atom. The maximum atomic E-state index is 12.6. The number of nitrogens with one attached hydrogen (secondary N) is 2. The van der Waals surface area contributed by atoms with E-state index in [0.29, 0.717) is 37.7 Å². The smallest absolute Gasteiger partial charge is 0.271 e. The maximum Gasteiger partial charge on any atom is 0.271 e. The number of benzene rings is 2. The monoisotopic (exact) mass is 456 g/mol. The van der Waals surface area contributed by atoms with E-state index in [1.165, 1.54) is 34.6 Å². The quantitative estimate of drug-likeness (QED) is 0.401. The lowest BCUT2D eigenvalue weighted by Crippen LogP contribution is -2.40. The van der Waals surface area contributed by atoms with Gasteiger partial charge in [-0.05, 0) is 42.5 Å². The zero-order valence-electron chi connectivity index (χ0n) is 15.0. The van der Waals surface area contributed by atoms with Gasteiger partial charge in [0.2, 0.25) is 10.0 Å². The van der Waals surface area contributed by atoms with E-state index < -0.39 is 14.9 Å². The number of rotatable bonds is 5. The molecule has 0 radical (unpaired) electrons. The molecule has 1 aliphatic heterocycles. The van der Waals surface area contributed by atoms with Gasteiger partial charge in [-0.3, -0.25) is 10.1 Å².